The zero-order valence-electron chi connectivity index (χ0n) is 15.5. The lowest BCUT2D eigenvalue weighted by atomic mass is 9.79. The molecule has 1 heterocycles. The van der Waals surface area contributed by atoms with Gasteiger partial charge in [0.25, 0.3) is 0 Å². The third kappa shape index (κ3) is 4.40. The molecule has 0 unspecified atom stereocenters. The fraction of sp³-hybridized carbons (Fsp3) is 0.476. The Morgan fingerprint density at radius 3 is 2.62 bits per heavy atom. The molecule has 5 nitrogen and oxygen atoms in total. The standard InChI is InChI=1S/C21H27N3O2/c1-14-19(12-16-8-4-3-5-9-16)20(24-15(2)23-14)22-13-17-10-6-7-11-18(17)21(25)26/h3-5,8-9,17-18H,6-7,10-13H2,1-2H3,(H,25,26)(H,22,23,24)/t17-,18-/m0/s1. The maximum absolute atomic E-state index is 11.5. The van der Waals surface area contributed by atoms with Crippen molar-refractivity contribution in [1.29, 1.82) is 0 Å². The lowest BCUT2D eigenvalue weighted by Gasteiger charge is -2.29. The molecule has 1 aliphatic carbocycles. The molecule has 5 heteroatoms. The zero-order valence-corrected chi connectivity index (χ0v) is 15.5. The van der Waals surface area contributed by atoms with E-state index in [9.17, 15) is 9.90 Å². The highest BCUT2D eigenvalue weighted by Gasteiger charge is 2.30. The predicted octanol–water partition coefficient (Wildman–Crippen LogP) is 3.99. The van der Waals surface area contributed by atoms with Gasteiger partial charge in [-0.05, 0) is 38.2 Å². The third-order valence-corrected chi connectivity index (χ3v) is 5.31. The van der Waals surface area contributed by atoms with Crippen LogP contribution >= 0.6 is 0 Å². The van der Waals surface area contributed by atoms with Crippen molar-refractivity contribution < 1.29 is 9.90 Å². The van der Waals surface area contributed by atoms with Crippen LogP contribution in [0.1, 0.15) is 48.3 Å². The Morgan fingerprint density at radius 2 is 1.88 bits per heavy atom. The van der Waals surface area contributed by atoms with E-state index in [1.54, 1.807) is 0 Å². The smallest absolute Gasteiger partial charge is 0.306 e. The number of hydrogen-bond acceptors (Lipinski definition) is 4. The lowest BCUT2D eigenvalue weighted by Crippen LogP contribution is -2.32. The summed E-state index contributed by atoms with van der Waals surface area (Å²) in [5.74, 6) is 0.809. The number of aromatic nitrogens is 2. The van der Waals surface area contributed by atoms with Crippen molar-refractivity contribution in [1.82, 2.24) is 9.97 Å². The first-order valence-electron chi connectivity index (χ1n) is 9.39. The Hall–Kier alpha value is -2.43. The van der Waals surface area contributed by atoms with Gasteiger partial charge in [-0.2, -0.15) is 0 Å². The largest absolute Gasteiger partial charge is 0.481 e. The summed E-state index contributed by atoms with van der Waals surface area (Å²) in [5, 5.41) is 12.9. The van der Waals surface area contributed by atoms with Gasteiger partial charge in [0.15, 0.2) is 0 Å². The summed E-state index contributed by atoms with van der Waals surface area (Å²) in [4.78, 5) is 20.7. The average Bonchev–Trinajstić information content (AvgIpc) is 2.63. The number of hydrogen-bond donors (Lipinski definition) is 2. The quantitative estimate of drug-likeness (QED) is 0.821. The van der Waals surface area contributed by atoms with Crippen LogP contribution < -0.4 is 5.32 Å². The second kappa shape index (κ2) is 8.30. The summed E-state index contributed by atoms with van der Waals surface area (Å²) in [7, 11) is 0. The average molecular weight is 353 g/mol. The minimum absolute atomic E-state index is 0.154. The summed E-state index contributed by atoms with van der Waals surface area (Å²) < 4.78 is 0. The number of carboxylic acids is 1. The van der Waals surface area contributed by atoms with Gasteiger partial charge in [-0.25, -0.2) is 9.97 Å². The maximum Gasteiger partial charge on any atom is 0.306 e. The van der Waals surface area contributed by atoms with Crippen LogP contribution in [0.5, 0.6) is 0 Å². The van der Waals surface area contributed by atoms with Gasteiger partial charge in [0.1, 0.15) is 11.6 Å². The molecule has 1 fully saturated rings. The van der Waals surface area contributed by atoms with Gasteiger partial charge in [-0.15, -0.1) is 0 Å². The molecule has 0 saturated heterocycles. The number of anilines is 1. The topological polar surface area (TPSA) is 75.1 Å². The number of aliphatic carboxylic acids is 1. The first-order valence-corrected chi connectivity index (χ1v) is 9.39. The highest BCUT2D eigenvalue weighted by atomic mass is 16.4. The molecule has 3 rings (SSSR count). The summed E-state index contributed by atoms with van der Waals surface area (Å²) in [6.45, 7) is 4.55. The minimum Gasteiger partial charge on any atom is -0.481 e. The van der Waals surface area contributed by atoms with E-state index in [1.807, 2.05) is 32.0 Å². The number of carbonyl (C=O) groups is 1. The summed E-state index contributed by atoms with van der Waals surface area (Å²) in [6, 6.07) is 10.3. The monoisotopic (exact) mass is 353 g/mol. The van der Waals surface area contributed by atoms with E-state index in [0.29, 0.717) is 6.54 Å². The molecule has 1 aromatic heterocycles. The van der Waals surface area contributed by atoms with Gasteiger partial charge >= 0.3 is 5.97 Å². The third-order valence-electron chi connectivity index (χ3n) is 5.31. The highest BCUT2D eigenvalue weighted by Crippen LogP contribution is 2.31. The second-order valence-corrected chi connectivity index (χ2v) is 7.22. The summed E-state index contributed by atoms with van der Waals surface area (Å²) in [5.41, 5.74) is 3.28. The van der Waals surface area contributed by atoms with Crippen LogP contribution in [0.4, 0.5) is 5.82 Å². The number of rotatable bonds is 6. The molecule has 0 bridgehead atoms. The molecule has 0 spiro atoms. The molecule has 2 atom stereocenters. The Labute approximate surface area is 154 Å². The van der Waals surface area contributed by atoms with E-state index >= 15 is 0 Å². The predicted molar refractivity (Wildman–Crippen MR) is 102 cm³/mol. The van der Waals surface area contributed by atoms with Gasteiger partial charge in [0.05, 0.1) is 5.92 Å². The zero-order chi connectivity index (χ0) is 18.5. The normalized spacial score (nSPS) is 19.9. The van der Waals surface area contributed by atoms with Crippen molar-refractivity contribution in [2.75, 3.05) is 11.9 Å². The first-order chi connectivity index (χ1) is 12.5. The van der Waals surface area contributed by atoms with Gasteiger partial charge in [-0.3, -0.25) is 4.79 Å². The van der Waals surface area contributed by atoms with Crippen molar-refractivity contribution in [2.45, 2.75) is 46.0 Å². The Kier molecular flexibility index (Phi) is 5.86. The summed E-state index contributed by atoms with van der Waals surface area (Å²) in [6.07, 6.45) is 4.62. The van der Waals surface area contributed by atoms with Crippen molar-refractivity contribution in [3.8, 4) is 0 Å². The van der Waals surface area contributed by atoms with E-state index in [2.05, 4.69) is 27.4 Å². The molecular formula is C21H27N3O2. The van der Waals surface area contributed by atoms with Crippen LogP contribution in [0, 0.1) is 25.7 Å². The summed E-state index contributed by atoms with van der Waals surface area (Å²) >= 11 is 0. The van der Waals surface area contributed by atoms with Crippen molar-refractivity contribution in [2.24, 2.45) is 11.8 Å². The molecule has 1 aliphatic rings. The molecule has 2 aromatic rings. The van der Waals surface area contributed by atoms with Crippen LogP contribution in [0.15, 0.2) is 30.3 Å². The molecule has 0 amide bonds. The van der Waals surface area contributed by atoms with Crippen LogP contribution in [-0.4, -0.2) is 27.6 Å². The fourth-order valence-electron chi connectivity index (χ4n) is 3.90. The molecule has 0 radical (unpaired) electrons. The lowest BCUT2D eigenvalue weighted by molar-refractivity contribution is -0.144. The first kappa shape index (κ1) is 18.4. The fourth-order valence-corrected chi connectivity index (χ4v) is 3.90. The Bertz CT molecular complexity index is 761. The van der Waals surface area contributed by atoms with E-state index in [-0.39, 0.29) is 11.8 Å². The number of nitrogens with zero attached hydrogens (tertiary/aromatic N) is 2. The molecule has 1 aromatic carbocycles. The van der Waals surface area contributed by atoms with Crippen LogP contribution in [0.3, 0.4) is 0 Å². The van der Waals surface area contributed by atoms with Crippen molar-refractivity contribution in [3.05, 3.63) is 53.0 Å². The Morgan fingerprint density at radius 1 is 1.15 bits per heavy atom. The van der Waals surface area contributed by atoms with Crippen LogP contribution in [0.25, 0.3) is 0 Å². The maximum atomic E-state index is 11.5. The van der Waals surface area contributed by atoms with Gasteiger partial charge in [0, 0.05) is 24.2 Å². The number of nitrogens with one attached hydrogen (secondary N) is 1. The number of aryl methyl sites for hydroxylation is 2. The van der Waals surface area contributed by atoms with Gasteiger partial charge < -0.3 is 10.4 Å². The highest BCUT2D eigenvalue weighted by molar-refractivity contribution is 5.70. The van der Waals surface area contributed by atoms with Gasteiger partial charge in [0.2, 0.25) is 0 Å². The molecular weight excluding hydrogens is 326 g/mol. The molecule has 1 saturated carbocycles. The second-order valence-electron chi connectivity index (χ2n) is 7.22. The molecule has 138 valence electrons. The SMILES string of the molecule is Cc1nc(C)c(Cc2ccccc2)c(NC[C@@H]2CCCC[C@@H]2C(=O)O)n1. The molecule has 2 N–H and O–H groups in total. The number of benzene rings is 1. The molecule has 0 aliphatic heterocycles. The molecule has 26 heavy (non-hydrogen) atoms. The number of carboxylic acid groups (broad SMARTS) is 1. The van der Waals surface area contributed by atoms with Gasteiger partial charge in [-0.1, -0.05) is 43.2 Å². The van der Waals surface area contributed by atoms with Crippen molar-refractivity contribution in [3.63, 3.8) is 0 Å². The minimum atomic E-state index is -0.670. The van der Waals surface area contributed by atoms with Crippen LogP contribution in [-0.2, 0) is 11.2 Å². The Balaban J connectivity index is 1.79. The van der Waals surface area contributed by atoms with Crippen LogP contribution in [0.2, 0.25) is 0 Å². The van der Waals surface area contributed by atoms with E-state index in [1.165, 1.54) is 5.56 Å². The van der Waals surface area contributed by atoms with E-state index in [0.717, 1.165) is 55.0 Å². The van der Waals surface area contributed by atoms with E-state index < -0.39 is 5.97 Å². The van der Waals surface area contributed by atoms with E-state index in [4.69, 9.17) is 0 Å². The van der Waals surface area contributed by atoms with Crippen molar-refractivity contribution >= 4 is 11.8 Å².